The minimum atomic E-state index is 0. The van der Waals surface area contributed by atoms with Crippen LogP contribution in [0.1, 0.15) is 24.6 Å². The smallest absolute Gasteiger partial charge is 0.00452 e. The first kappa shape index (κ1) is 10.5. The molecule has 1 rings (SSSR count). The van der Waals surface area contributed by atoms with Gasteiger partial charge in [0.25, 0.3) is 0 Å². The number of rotatable bonds is 3. The summed E-state index contributed by atoms with van der Waals surface area (Å²) >= 11 is 1.86. The number of thiophene rings is 1. The summed E-state index contributed by atoms with van der Waals surface area (Å²) in [6, 6.07) is 4.33. The van der Waals surface area contributed by atoms with Gasteiger partial charge in [-0.25, -0.2) is 0 Å². The van der Waals surface area contributed by atoms with Crippen molar-refractivity contribution in [3.05, 3.63) is 22.4 Å². The van der Waals surface area contributed by atoms with E-state index in [1.807, 2.05) is 11.3 Å². The van der Waals surface area contributed by atoms with E-state index in [9.17, 15) is 0 Å². The van der Waals surface area contributed by atoms with Crippen molar-refractivity contribution >= 4 is 35.2 Å². The molecule has 0 aliphatic carbocycles. The first-order valence-electron chi connectivity index (χ1n) is 3.46. The molecule has 0 amide bonds. The summed E-state index contributed by atoms with van der Waals surface area (Å²) in [5.41, 5.74) is 0. The maximum atomic E-state index is 2.23. The Morgan fingerprint density at radius 1 is 1.50 bits per heavy atom. The third-order valence-electron chi connectivity index (χ3n) is 1.36. The predicted octanol–water partition coefficient (Wildman–Crippen LogP) is 2.71. The van der Waals surface area contributed by atoms with E-state index in [1.165, 1.54) is 24.1 Å². The summed E-state index contributed by atoms with van der Waals surface area (Å²) in [6.07, 6.45) is 3.91. The van der Waals surface area contributed by atoms with Crippen LogP contribution in [-0.4, -0.2) is 23.9 Å². The van der Waals surface area contributed by atoms with Crippen molar-refractivity contribution in [3.8, 4) is 0 Å². The normalized spacial score (nSPS) is 8.90. The van der Waals surface area contributed by atoms with Crippen LogP contribution in [0.15, 0.2) is 17.5 Å². The summed E-state index contributed by atoms with van der Waals surface area (Å²) in [5.74, 6) is 0. The Balaban J connectivity index is 0.000000810. The van der Waals surface area contributed by atoms with Crippen molar-refractivity contribution < 1.29 is 0 Å². The summed E-state index contributed by atoms with van der Waals surface area (Å²) in [7, 11) is 0. The molecule has 1 aromatic rings. The van der Waals surface area contributed by atoms with Gasteiger partial charge in [0, 0.05) is 28.8 Å². The molecule has 1 heterocycles. The van der Waals surface area contributed by atoms with Gasteiger partial charge in [-0.15, -0.1) is 11.3 Å². The van der Waals surface area contributed by atoms with Crippen molar-refractivity contribution in [2.24, 2.45) is 0 Å². The van der Waals surface area contributed by atoms with Gasteiger partial charge in [-0.2, -0.15) is 0 Å². The molecule has 1 aromatic heterocycles. The predicted molar refractivity (Wildman–Crippen MR) is 48.7 cm³/mol. The van der Waals surface area contributed by atoms with Gasteiger partial charge in [0.1, 0.15) is 0 Å². The molecule has 4 radical (unpaired) electrons. The fourth-order valence-electron chi connectivity index (χ4n) is 0.806. The zero-order valence-corrected chi connectivity index (χ0v) is 9.93. The van der Waals surface area contributed by atoms with Crippen molar-refractivity contribution in [3.63, 3.8) is 0 Å². The standard InChI is InChI=1S/C8H12S.Sn/c1-2-3-5-8-6-4-7-9-8;/h4,6-7H,2-3,5H2,1H3;. The summed E-state index contributed by atoms with van der Waals surface area (Å²) in [6.45, 7) is 2.23. The number of hydrogen-bond acceptors (Lipinski definition) is 1. The second-order valence-electron chi connectivity index (χ2n) is 2.18. The second kappa shape index (κ2) is 6.22. The average Bonchev–Trinajstić information content (AvgIpc) is 2.34. The molecular formula is C8H12SSn. The maximum Gasteiger partial charge on any atom is 0.00452 e. The van der Waals surface area contributed by atoms with E-state index in [0.717, 1.165) is 0 Å². The van der Waals surface area contributed by atoms with Crippen LogP contribution in [0, 0.1) is 0 Å². The third-order valence-corrected chi connectivity index (χ3v) is 2.29. The summed E-state index contributed by atoms with van der Waals surface area (Å²) in [4.78, 5) is 1.52. The molecule has 54 valence electrons. The molecule has 0 atom stereocenters. The minimum absolute atomic E-state index is 0. The fourth-order valence-corrected chi connectivity index (χ4v) is 1.56. The molecule has 0 bridgehead atoms. The summed E-state index contributed by atoms with van der Waals surface area (Å²) < 4.78 is 0. The molecule has 0 saturated carbocycles. The van der Waals surface area contributed by atoms with E-state index >= 15 is 0 Å². The molecule has 0 aliphatic heterocycles. The quantitative estimate of drug-likeness (QED) is 0.732. The van der Waals surface area contributed by atoms with Crippen LogP contribution in [-0.2, 0) is 6.42 Å². The van der Waals surface area contributed by atoms with E-state index < -0.39 is 0 Å². The van der Waals surface area contributed by atoms with Crippen molar-refractivity contribution in [1.29, 1.82) is 0 Å². The Labute approximate surface area is 83.6 Å². The largest absolute Gasteiger partial charge is 0.149 e. The number of unbranched alkanes of at least 4 members (excludes halogenated alkanes) is 1. The molecule has 0 spiro atoms. The van der Waals surface area contributed by atoms with Crippen molar-refractivity contribution in [1.82, 2.24) is 0 Å². The van der Waals surface area contributed by atoms with E-state index in [4.69, 9.17) is 0 Å². The second-order valence-corrected chi connectivity index (χ2v) is 3.22. The first-order chi connectivity index (χ1) is 4.43. The van der Waals surface area contributed by atoms with E-state index in [1.54, 1.807) is 0 Å². The van der Waals surface area contributed by atoms with Crippen molar-refractivity contribution in [2.75, 3.05) is 0 Å². The molecule has 0 aromatic carbocycles. The first-order valence-corrected chi connectivity index (χ1v) is 4.34. The number of hydrogen-bond donors (Lipinski definition) is 0. The Hall–Kier alpha value is 0.499. The van der Waals surface area contributed by atoms with E-state index in [0.29, 0.717) is 0 Å². The molecule has 0 nitrogen and oxygen atoms in total. The van der Waals surface area contributed by atoms with Gasteiger partial charge in [-0.3, -0.25) is 0 Å². The van der Waals surface area contributed by atoms with E-state index in [-0.39, 0.29) is 23.9 Å². The Kier molecular flexibility index (Phi) is 6.53. The topological polar surface area (TPSA) is 0 Å². The average molecular weight is 259 g/mol. The van der Waals surface area contributed by atoms with Crippen LogP contribution in [0.4, 0.5) is 0 Å². The van der Waals surface area contributed by atoms with Crippen LogP contribution in [0.25, 0.3) is 0 Å². The van der Waals surface area contributed by atoms with Gasteiger partial charge in [0.05, 0.1) is 0 Å². The Morgan fingerprint density at radius 3 is 2.80 bits per heavy atom. The molecule has 0 N–H and O–H groups in total. The van der Waals surface area contributed by atoms with Crippen LogP contribution in [0.3, 0.4) is 0 Å². The van der Waals surface area contributed by atoms with Gasteiger partial charge >= 0.3 is 0 Å². The molecule has 10 heavy (non-hydrogen) atoms. The third kappa shape index (κ3) is 3.61. The molecule has 0 saturated heterocycles. The monoisotopic (exact) mass is 260 g/mol. The fraction of sp³-hybridized carbons (Fsp3) is 0.500. The molecular weight excluding hydrogens is 247 g/mol. The minimum Gasteiger partial charge on any atom is -0.149 e. The van der Waals surface area contributed by atoms with Crippen LogP contribution < -0.4 is 0 Å². The van der Waals surface area contributed by atoms with Gasteiger partial charge < -0.3 is 0 Å². The molecule has 0 aliphatic rings. The van der Waals surface area contributed by atoms with Gasteiger partial charge in [-0.05, 0) is 24.3 Å². The Morgan fingerprint density at radius 2 is 2.30 bits per heavy atom. The van der Waals surface area contributed by atoms with Gasteiger partial charge in [-0.1, -0.05) is 19.4 Å². The van der Waals surface area contributed by atoms with Gasteiger partial charge in [0.15, 0.2) is 0 Å². The summed E-state index contributed by atoms with van der Waals surface area (Å²) in [5, 5.41) is 2.14. The maximum absolute atomic E-state index is 2.23. The zero-order valence-electron chi connectivity index (χ0n) is 6.26. The number of aryl methyl sites for hydroxylation is 1. The van der Waals surface area contributed by atoms with Crippen LogP contribution >= 0.6 is 11.3 Å². The van der Waals surface area contributed by atoms with Crippen LogP contribution in [0.5, 0.6) is 0 Å². The van der Waals surface area contributed by atoms with E-state index in [2.05, 4.69) is 24.4 Å². The molecule has 0 fully saturated rings. The SMILES string of the molecule is CCCCc1cccs1.[Sn]. The Bertz CT molecular complexity index is 146. The zero-order chi connectivity index (χ0) is 6.53. The van der Waals surface area contributed by atoms with Crippen molar-refractivity contribution in [2.45, 2.75) is 26.2 Å². The van der Waals surface area contributed by atoms with Gasteiger partial charge in [0.2, 0.25) is 0 Å². The van der Waals surface area contributed by atoms with Crippen LogP contribution in [0.2, 0.25) is 0 Å². The molecule has 2 heteroatoms. The molecule has 0 unspecified atom stereocenters.